The van der Waals surface area contributed by atoms with Gasteiger partial charge in [-0.15, -0.1) is 10.2 Å². The van der Waals surface area contributed by atoms with E-state index < -0.39 is 10.0 Å². The predicted octanol–water partition coefficient (Wildman–Crippen LogP) is 0.609. The summed E-state index contributed by atoms with van der Waals surface area (Å²) < 4.78 is 29.4. The van der Waals surface area contributed by atoms with Crippen molar-refractivity contribution >= 4 is 21.4 Å². The van der Waals surface area contributed by atoms with Gasteiger partial charge in [0.05, 0.1) is 13.2 Å². The van der Waals surface area contributed by atoms with E-state index in [9.17, 15) is 8.42 Å². The Kier molecular flexibility index (Phi) is 3.99. The lowest BCUT2D eigenvalue weighted by Crippen LogP contribution is -2.20. The Hall–Kier alpha value is -1.29. The van der Waals surface area contributed by atoms with E-state index in [1.165, 1.54) is 23.0 Å². The fourth-order valence-corrected chi connectivity index (χ4v) is 3.14. The highest BCUT2D eigenvalue weighted by molar-refractivity contribution is 7.89. The molecule has 0 radical (unpaired) electrons. The number of aromatic nitrogens is 3. The molecule has 0 bridgehead atoms. The number of rotatable bonds is 5. The maximum Gasteiger partial charge on any atom is 0.273 e. The summed E-state index contributed by atoms with van der Waals surface area (Å²) in [4.78, 5) is 0. The van der Waals surface area contributed by atoms with Crippen molar-refractivity contribution in [1.29, 1.82) is 0 Å². The first-order valence-corrected chi connectivity index (χ1v) is 7.92. The zero-order valence-corrected chi connectivity index (χ0v) is 12.2. The van der Waals surface area contributed by atoms with Gasteiger partial charge in [0.1, 0.15) is 0 Å². The van der Waals surface area contributed by atoms with E-state index in [0.717, 1.165) is 11.1 Å². The Labute approximate surface area is 115 Å². The fraction of sp³-hybridized carbons (Fsp3) is 0.400. The maximum atomic E-state index is 11.5. The second-order valence-electron chi connectivity index (χ2n) is 3.96. The van der Waals surface area contributed by atoms with E-state index in [1.54, 1.807) is 0 Å². The highest BCUT2D eigenvalue weighted by Gasteiger charge is 2.22. The summed E-state index contributed by atoms with van der Waals surface area (Å²) >= 11 is 1.52. The summed E-state index contributed by atoms with van der Waals surface area (Å²) in [6.45, 7) is 2.59. The van der Waals surface area contributed by atoms with Crippen LogP contribution in [0.4, 0.5) is 0 Å². The van der Waals surface area contributed by atoms with Gasteiger partial charge in [0.2, 0.25) is 0 Å². The normalized spacial score (nSPS) is 11.9. The van der Waals surface area contributed by atoms with E-state index >= 15 is 0 Å². The van der Waals surface area contributed by atoms with Gasteiger partial charge in [-0.25, -0.2) is 13.6 Å². The largest absolute Gasteiger partial charge is 0.383 e. The molecule has 0 aliphatic carbocycles. The van der Waals surface area contributed by atoms with Crippen LogP contribution in [-0.2, 0) is 21.3 Å². The molecule has 19 heavy (non-hydrogen) atoms. The number of aryl methyl sites for hydroxylation is 1. The quantitative estimate of drug-likeness (QED) is 0.872. The number of ether oxygens (including phenoxy) is 1. The first-order valence-electron chi connectivity index (χ1n) is 5.43. The minimum absolute atomic E-state index is 0.245. The van der Waals surface area contributed by atoms with Gasteiger partial charge in [-0.05, 0) is 17.9 Å². The summed E-state index contributed by atoms with van der Waals surface area (Å²) in [6.07, 6.45) is 0. The molecule has 2 rings (SSSR count). The minimum Gasteiger partial charge on any atom is -0.383 e. The van der Waals surface area contributed by atoms with Gasteiger partial charge in [0, 0.05) is 18.1 Å². The fourth-order valence-electron chi connectivity index (χ4n) is 1.67. The van der Waals surface area contributed by atoms with Crippen LogP contribution < -0.4 is 5.14 Å². The third kappa shape index (κ3) is 2.84. The SMILES string of the molecule is COCCn1c(-c2cscc2C)nnc1S(N)(=O)=O. The third-order valence-corrected chi connectivity index (χ3v) is 4.26. The second kappa shape index (κ2) is 5.37. The summed E-state index contributed by atoms with van der Waals surface area (Å²) in [7, 11) is -2.37. The van der Waals surface area contributed by atoms with Crippen LogP contribution in [0.1, 0.15) is 5.56 Å². The minimum atomic E-state index is -3.91. The molecule has 0 atom stereocenters. The molecular formula is C10H14N4O3S2. The zero-order valence-electron chi connectivity index (χ0n) is 10.5. The first-order chi connectivity index (χ1) is 8.95. The van der Waals surface area contributed by atoms with Crippen molar-refractivity contribution in [2.24, 2.45) is 5.14 Å². The predicted molar refractivity (Wildman–Crippen MR) is 71.3 cm³/mol. The second-order valence-corrected chi connectivity index (χ2v) is 6.16. The molecule has 2 heterocycles. The highest BCUT2D eigenvalue weighted by atomic mass is 32.2. The van der Waals surface area contributed by atoms with Gasteiger partial charge >= 0.3 is 0 Å². The standard InChI is InChI=1S/C10H14N4O3S2/c1-7-5-18-6-8(7)9-12-13-10(19(11,15)16)14(9)3-4-17-2/h5-6H,3-4H2,1-2H3,(H2,11,15,16). The van der Waals surface area contributed by atoms with Gasteiger partial charge in [-0.3, -0.25) is 4.57 Å². The molecule has 0 aromatic carbocycles. The van der Waals surface area contributed by atoms with Crippen molar-refractivity contribution in [2.75, 3.05) is 13.7 Å². The molecule has 104 valence electrons. The van der Waals surface area contributed by atoms with Crippen LogP contribution in [0.5, 0.6) is 0 Å². The number of sulfonamides is 1. The average molecular weight is 302 g/mol. The molecule has 0 spiro atoms. The number of nitrogens with two attached hydrogens (primary N) is 1. The molecule has 2 N–H and O–H groups in total. The molecule has 2 aromatic heterocycles. The van der Waals surface area contributed by atoms with Gasteiger partial charge in [0.25, 0.3) is 15.2 Å². The molecule has 9 heteroatoms. The number of hydrogen-bond acceptors (Lipinski definition) is 6. The van der Waals surface area contributed by atoms with Crippen LogP contribution in [0.15, 0.2) is 15.9 Å². The van der Waals surface area contributed by atoms with Crippen LogP contribution in [0.2, 0.25) is 0 Å². The summed E-state index contributed by atoms with van der Waals surface area (Å²) in [5.41, 5.74) is 1.86. The summed E-state index contributed by atoms with van der Waals surface area (Å²) in [5.74, 6) is 0.486. The van der Waals surface area contributed by atoms with Crippen molar-refractivity contribution < 1.29 is 13.2 Å². The van der Waals surface area contributed by atoms with Gasteiger partial charge in [-0.1, -0.05) is 0 Å². The van der Waals surface area contributed by atoms with Crippen LogP contribution in [0.25, 0.3) is 11.4 Å². The molecule has 0 amide bonds. The van der Waals surface area contributed by atoms with Crippen molar-refractivity contribution in [3.05, 3.63) is 16.3 Å². The lowest BCUT2D eigenvalue weighted by Gasteiger charge is -2.08. The summed E-state index contributed by atoms with van der Waals surface area (Å²) in [5, 5.41) is 16.4. The van der Waals surface area contributed by atoms with Crippen molar-refractivity contribution in [3.8, 4) is 11.4 Å². The molecule has 0 saturated carbocycles. The topological polar surface area (TPSA) is 100 Å². The third-order valence-electron chi connectivity index (χ3n) is 2.59. The Morgan fingerprint density at radius 3 is 2.68 bits per heavy atom. The van der Waals surface area contributed by atoms with Crippen LogP contribution in [-0.4, -0.2) is 36.9 Å². The molecule has 0 aliphatic heterocycles. The Morgan fingerprint density at radius 1 is 1.42 bits per heavy atom. The number of methoxy groups -OCH3 is 1. The zero-order chi connectivity index (χ0) is 14.0. The van der Waals surface area contributed by atoms with Gasteiger partial charge < -0.3 is 4.74 Å². The molecule has 0 saturated heterocycles. The van der Waals surface area contributed by atoms with E-state index in [1.807, 2.05) is 17.7 Å². The first kappa shape index (κ1) is 14.1. The maximum absolute atomic E-state index is 11.5. The number of nitrogens with zero attached hydrogens (tertiary/aromatic N) is 3. The summed E-state index contributed by atoms with van der Waals surface area (Å²) in [6, 6.07) is 0. The molecule has 0 unspecified atom stereocenters. The van der Waals surface area contributed by atoms with Crippen molar-refractivity contribution in [1.82, 2.24) is 14.8 Å². The number of primary sulfonamides is 1. The van der Waals surface area contributed by atoms with Crippen molar-refractivity contribution in [3.63, 3.8) is 0 Å². The van der Waals surface area contributed by atoms with E-state index in [2.05, 4.69) is 10.2 Å². The molecule has 7 nitrogen and oxygen atoms in total. The van der Waals surface area contributed by atoms with Crippen LogP contribution in [0, 0.1) is 6.92 Å². The van der Waals surface area contributed by atoms with E-state index in [4.69, 9.17) is 9.88 Å². The van der Waals surface area contributed by atoms with Gasteiger partial charge in [0.15, 0.2) is 5.82 Å². The van der Waals surface area contributed by atoms with Crippen LogP contribution in [0.3, 0.4) is 0 Å². The Morgan fingerprint density at radius 2 is 2.16 bits per heavy atom. The number of hydrogen-bond donors (Lipinski definition) is 1. The lowest BCUT2D eigenvalue weighted by atomic mass is 10.2. The van der Waals surface area contributed by atoms with E-state index in [-0.39, 0.29) is 5.16 Å². The van der Waals surface area contributed by atoms with Crippen LogP contribution >= 0.6 is 11.3 Å². The monoisotopic (exact) mass is 302 g/mol. The molecular weight excluding hydrogens is 288 g/mol. The lowest BCUT2D eigenvalue weighted by molar-refractivity contribution is 0.185. The Bertz CT molecular complexity index is 675. The average Bonchev–Trinajstić information content (AvgIpc) is 2.90. The smallest absolute Gasteiger partial charge is 0.273 e. The van der Waals surface area contributed by atoms with Crippen molar-refractivity contribution in [2.45, 2.75) is 18.6 Å². The highest BCUT2D eigenvalue weighted by Crippen LogP contribution is 2.26. The number of thiophene rings is 1. The van der Waals surface area contributed by atoms with Gasteiger partial charge in [-0.2, -0.15) is 11.3 Å². The molecule has 2 aromatic rings. The Balaban J connectivity index is 2.56. The van der Waals surface area contributed by atoms with E-state index in [0.29, 0.717) is 19.0 Å². The molecule has 0 fully saturated rings. The molecule has 0 aliphatic rings.